The van der Waals surface area contributed by atoms with Gasteiger partial charge in [0.25, 0.3) is 5.56 Å². The summed E-state index contributed by atoms with van der Waals surface area (Å²) < 4.78 is 0. The van der Waals surface area contributed by atoms with Gasteiger partial charge in [-0.2, -0.15) is 0 Å². The van der Waals surface area contributed by atoms with Crippen molar-refractivity contribution >= 4 is 38.8 Å². The van der Waals surface area contributed by atoms with E-state index in [0.717, 1.165) is 39.7 Å². The number of hydrogen-bond acceptors (Lipinski definition) is 5. The molecular formula is C22H26N4O2S. The van der Waals surface area contributed by atoms with Gasteiger partial charge in [0.05, 0.1) is 5.39 Å². The first-order valence-electron chi connectivity index (χ1n) is 10.1. The molecule has 0 radical (unpaired) electrons. The average Bonchev–Trinajstić information content (AvgIpc) is 3.01. The largest absolute Gasteiger partial charge is 0.371 e. The van der Waals surface area contributed by atoms with Crippen molar-refractivity contribution in [3.63, 3.8) is 0 Å². The van der Waals surface area contributed by atoms with Crippen LogP contribution >= 0.6 is 11.3 Å². The zero-order valence-corrected chi connectivity index (χ0v) is 17.7. The number of nitrogens with zero attached hydrogens (tertiary/aromatic N) is 2. The molecule has 0 atom stereocenters. The average molecular weight is 411 g/mol. The van der Waals surface area contributed by atoms with Gasteiger partial charge in [0, 0.05) is 42.2 Å². The van der Waals surface area contributed by atoms with E-state index >= 15 is 0 Å². The lowest BCUT2D eigenvalue weighted by atomic mass is 10.1. The first kappa shape index (κ1) is 19.6. The number of thiophene rings is 1. The molecule has 3 heterocycles. The number of H-pyrrole nitrogens is 1. The van der Waals surface area contributed by atoms with Crippen LogP contribution < -0.4 is 15.8 Å². The van der Waals surface area contributed by atoms with Crippen LogP contribution in [-0.2, 0) is 11.2 Å². The second-order valence-electron chi connectivity index (χ2n) is 7.62. The van der Waals surface area contributed by atoms with Crippen LogP contribution in [0.4, 0.5) is 11.4 Å². The van der Waals surface area contributed by atoms with Gasteiger partial charge in [0.1, 0.15) is 10.7 Å². The number of amides is 1. The number of carbonyl (C=O) groups is 1. The van der Waals surface area contributed by atoms with Crippen LogP contribution in [0.25, 0.3) is 10.2 Å². The van der Waals surface area contributed by atoms with Gasteiger partial charge in [-0.25, -0.2) is 4.98 Å². The van der Waals surface area contributed by atoms with Crippen molar-refractivity contribution in [2.75, 3.05) is 23.3 Å². The van der Waals surface area contributed by atoms with Crippen LogP contribution in [0, 0.1) is 13.8 Å². The van der Waals surface area contributed by atoms with E-state index in [1.165, 1.54) is 30.6 Å². The molecule has 0 bridgehead atoms. The van der Waals surface area contributed by atoms with Gasteiger partial charge in [-0.05, 0) is 56.9 Å². The lowest BCUT2D eigenvalue weighted by Gasteiger charge is -2.29. The topological polar surface area (TPSA) is 78.1 Å². The fourth-order valence-electron chi connectivity index (χ4n) is 3.81. The number of aromatic amines is 1. The predicted octanol–water partition coefficient (Wildman–Crippen LogP) is 4.16. The van der Waals surface area contributed by atoms with Crippen LogP contribution in [0.1, 0.15) is 41.9 Å². The van der Waals surface area contributed by atoms with Crippen molar-refractivity contribution < 1.29 is 4.79 Å². The Morgan fingerprint density at radius 2 is 2.03 bits per heavy atom. The second-order valence-corrected chi connectivity index (χ2v) is 8.83. The summed E-state index contributed by atoms with van der Waals surface area (Å²) in [7, 11) is 0. The summed E-state index contributed by atoms with van der Waals surface area (Å²) in [6, 6.07) is 8.02. The number of aromatic nitrogens is 2. The molecule has 152 valence electrons. The van der Waals surface area contributed by atoms with Gasteiger partial charge in [-0.15, -0.1) is 11.3 Å². The van der Waals surface area contributed by atoms with Crippen LogP contribution in [0.3, 0.4) is 0 Å². The van der Waals surface area contributed by atoms with Gasteiger partial charge in [0.2, 0.25) is 5.91 Å². The van der Waals surface area contributed by atoms with Crippen LogP contribution in [-0.4, -0.2) is 29.0 Å². The zero-order valence-electron chi connectivity index (χ0n) is 16.9. The van der Waals surface area contributed by atoms with Crippen molar-refractivity contribution in [3.05, 3.63) is 50.9 Å². The van der Waals surface area contributed by atoms with Crippen molar-refractivity contribution in [2.45, 2.75) is 46.0 Å². The summed E-state index contributed by atoms with van der Waals surface area (Å²) in [6.45, 7) is 6.07. The van der Waals surface area contributed by atoms with Crippen LogP contribution in [0.5, 0.6) is 0 Å². The van der Waals surface area contributed by atoms with Crippen molar-refractivity contribution in [2.24, 2.45) is 0 Å². The Kier molecular flexibility index (Phi) is 5.67. The highest BCUT2D eigenvalue weighted by molar-refractivity contribution is 7.18. The molecule has 1 amide bonds. The lowest BCUT2D eigenvalue weighted by Crippen LogP contribution is -2.29. The lowest BCUT2D eigenvalue weighted by molar-refractivity contribution is -0.116. The van der Waals surface area contributed by atoms with E-state index in [1.807, 2.05) is 32.0 Å². The number of carbonyl (C=O) groups excluding carboxylic acids is 1. The van der Waals surface area contributed by atoms with Crippen molar-refractivity contribution in [3.8, 4) is 0 Å². The Morgan fingerprint density at radius 3 is 2.83 bits per heavy atom. The Bertz CT molecular complexity index is 1100. The van der Waals surface area contributed by atoms with E-state index in [1.54, 1.807) is 0 Å². The zero-order chi connectivity index (χ0) is 20.4. The summed E-state index contributed by atoms with van der Waals surface area (Å²) >= 11 is 1.52. The molecule has 6 nitrogen and oxygen atoms in total. The number of rotatable bonds is 5. The summed E-state index contributed by atoms with van der Waals surface area (Å²) in [5, 5.41) is 3.64. The molecule has 0 aliphatic carbocycles. The van der Waals surface area contributed by atoms with E-state index < -0.39 is 0 Å². The van der Waals surface area contributed by atoms with Gasteiger partial charge < -0.3 is 15.2 Å². The first-order chi connectivity index (χ1) is 14.0. The third-order valence-electron chi connectivity index (χ3n) is 5.53. The third kappa shape index (κ3) is 4.34. The molecule has 1 saturated heterocycles. The minimum Gasteiger partial charge on any atom is -0.371 e. The molecule has 4 rings (SSSR count). The van der Waals surface area contributed by atoms with Crippen LogP contribution in [0.15, 0.2) is 29.1 Å². The highest BCUT2D eigenvalue weighted by Crippen LogP contribution is 2.26. The van der Waals surface area contributed by atoms with Gasteiger partial charge in [-0.1, -0.05) is 6.07 Å². The second kappa shape index (κ2) is 8.37. The van der Waals surface area contributed by atoms with E-state index in [9.17, 15) is 9.59 Å². The fraction of sp³-hybridized carbons (Fsp3) is 0.409. The first-order valence-corrected chi connectivity index (χ1v) is 11.0. The maximum absolute atomic E-state index is 12.4. The van der Waals surface area contributed by atoms with Gasteiger partial charge >= 0.3 is 0 Å². The number of piperidine rings is 1. The van der Waals surface area contributed by atoms with Crippen molar-refractivity contribution in [1.82, 2.24) is 9.97 Å². The molecule has 1 aromatic carbocycles. The fourth-order valence-corrected chi connectivity index (χ4v) is 4.85. The number of benzene rings is 1. The molecular weight excluding hydrogens is 384 g/mol. The molecule has 2 aromatic heterocycles. The van der Waals surface area contributed by atoms with Crippen LogP contribution in [0.2, 0.25) is 0 Å². The quantitative estimate of drug-likeness (QED) is 0.662. The predicted molar refractivity (Wildman–Crippen MR) is 119 cm³/mol. The molecule has 0 unspecified atom stereocenters. The summed E-state index contributed by atoms with van der Waals surface area (Å²) in [4.78, 5) is 36.4. The Hall–Kier alpha value is -2.67. The maximum Gasteiger partial charge on any atom is 0.259 e. The smallest absolute Gasteiger partial charge is 0.259 e. The Morgan fingerprint density at radius 1 is 1.24 bits per heavy atom. The van der Waals surface area contributed by atoms with Gasteiger partial charge in [-0.3, -0.25) is 9.59 Å². The molecule has 2 N–H and O–H groups in total. The molecule has 1 aliphatic heterocycles. The van der Waals surface area contributed by atoms with E-state index in [2.05, 4.69) is 26.3 Å². The molecule has 0 spiro atoms. The SMILES string of the molecule is Cc1sc2nc(CCC(=O)Nc3cccc(N4CCCCC4)c3)[nH]c(=O)c2c1C. The van der Waals surface area contributed by atoms with E-state index in [-0.39, 0.29) is 17.9 Å². The highest BCUT2D eigenvalue weighted by atomic mass is 32.1. The molecule has 7 heteroatoms. The molecule has 1 fully saturated rings. The number of nitrogens with one attached hydrogen (secondary N) is 2. The highest BCUT2D eigenvalue weighted by Gasteiger charge is 2.14. The minimum atomic E-state index is -0.124. The maximum atomic E-state index is 12.4. The normalized spacial score (nSPS) is 14.3. The monoisotopic (exact) mass is 410 g/mol. The summed E-state index contributed by atoms with van der Waals surface area (Å²) in [5.41, 5.74) is 2.82. The summed E-state index contributed by atoms with van der Waals surface area (Å²) in [5.74, 6) is 0.475. The molecule has 1 aliphatic rings. The minimum absolute atomic E-state index is 0.0814. The number of aryl methyl sites for hydroxylation is 3. The van der Waals surface area contributed by atoms with Gasteiger partial charge in [0.15, 0.2) is 0 Å². The molecule has 29 heavy (non-hydrogen) atoms. The Balaban J connectivity index is 1.40. The number of fused-ring (bicyclic) bond motifs is 1. The summed E-state index contributed by atoms with van der Waals surface area (Å²) in [6.07, 6.45) is 4.40. The molecule has 3 aromatic rings. The standard InChI is InChI=1S/C22H26N4O2S/c1-14-15(2)29-22-20(14)21(28)24-18(25-22)9-10-19(27)23-16-7-6-8-17(13-16)26-11-4-3-5-12-26/h6-8,13H,3-5,9-12H2,1-2H3,(H,23,27)(H,24,25,28). The Labute approximate surface area is 174 Å². The van der Waals surface area contributed by atoms with Crippen molar-refractivity contribution in [1.29, 1.82) is 0 Å². The van der Waals surface area contributed by atoms with E-state index in [4.69, 9.17) is 0 Å². The van der Waals surface area contributed by atoms with E-state index in [0.29, 0.717) is 17.6 Å². The molecule has 0 saturated carbocycles. The number of hydrogen-bond donors (Lipinski definition) is 2. The number of anilines is 2. The third-order valence-corrected chi connectivity index (χ3v) is 6.63.